The van der Waals surface area contributed by atoms with Crippen LogP contribution in [0.3, 0.4) is 0 Å². The summed E-state index contributed by atoms with van der Waals surface area (Å²) in [6.45, 7) is 4.02. The predicted molar refractivity (Wildman–Crippen MR) is 145 cm³/mol. The third-order valence-corrected chi connectivity index (χ3v) is 7.63. The molecule has 0 bridgehead atoms. The molecule has 1 aliphatic carbocycles. The Hall–Kier alpha value is -4.11. The molecule has 1 amide bonds. The van der Waals surface area contributed by atoms with Gasteiger partial charge in [0.05, 0.1) is 29.0 Å². The Balaban J connectivity index is 1.28. The number of aromatic nitrogens is 2. The summed E-state index contributed by atoms with van der Waals surface area (Å²) >= 11 is 0. The van der Waals surface area contributed by atoms with E-state index in [0.29, 0.717) is 24.6 Å². The molecule has 2 unspecified atom stereocenters. The zero-order valence-corrected chi connectivity index (χ0v) is 21.2. The first-order valence-electron chi connectivity index (χ1n) is 12.9. The van der Waals surface area contributed by atoms with Crippen LogP contribution in [0.2, 0.25) is 0 Å². The van der Waals surface area contributed by atoms with Crippen LogP contribution in [0.5, 0.6) is 0 Å². The Labute approximate surface area is 217 Å². The van der Waals surface area contributed by atoms with Crippen LogP contribution in [0.15, 0.2) is 79.1 Å². The number of nitrogens with zero attached hydrogens (tertiary/aromatic N) is 4. The number of carbonyl (C=O) groups is 1. The lowest BCUT2D eigenvalue weighted by Crippen LogP contribution is -2.38. The standard InChI is InChI=1S/C31H32N4O2/c1-31(21-35-22-33-28-13-12-23(18-32)16-29(28)35)14-6-8-25(17-31)20-34(30(36)37)19-24-7-5-11-27(15-24)26-9-3-2-4-10-26/h2-5,7,9-13,15-16,22,25H,6,8,14,17,19-21H2,1H3,(H,36,37). The zero-order valence-electron chi connectivity index (χ0n) is 21.2. The lowest BCUT2D eigenvalue weighted by atomic mass is 9.70. The molecule has 1 fully saturated rings. The molecule has 1 saturated carbocycles. The predicted octanol–water partition coefficient (Wildman–Crippen LogP) is 6.95. The van der Waals surface area contributed by atoms with E-state index in [1.165, 1.54) is 0 Å². The topological polar surface area (TPSA) is 82.2 Å². The van der Waals surface area contributed by atoms with Crippen LogP contribution in [-0.2, 0) is 13.1 Å². The minimum absolute atomic E-state index is 0.0383. The van der Waals surface area contributed by atoms with E-state index in [1.807, 2.05) is 48.8 Å². The Morgan fingerprint density at radius 2 is 1.95 bits per heavy atom. The Kier molecular flexibility index (Phi) is 6.96. The molecule has 0 radical (unpaired) electrons. The number of benzene rings is 3. The molecule has 1 aromatic heterocycles. The summed E-state index contributed by atoms with van der Waals surface area (Å²) in [7, 11) is 0. The Bertz CT molecular complexity index is 1440. The third-order valence-electron chi connectivity index (χ3n) is 7.63. The molecular weight excluding hydrogens is 460 g/mol. The highest BCUT2D eigenvalue weighted by Crippen LogP contribution is 2.41. The molecule has 6 heteroatoms. The highest BCUT2D eigenvalue weighted by molar-refractivity contribution is 5.77. The molecule has 5 rings (SSSR count). The smallest absolute Gasteiger partial charge is 0.407 e. The lowest BCUT2D eigenvalue weighted by molar-refractivity contribution is 0.0926. The van der Waals surface area contributed by atoms with Crippen LogP contribution in [0.1, 0.15) is 43.7 Å². The van der Waals surface area contributed by atoms with E-state index in [9.17, 15) is 15.2 Å². The molecule has 0 aliphatic heterocycles. The van der Waals surface area contributed by atoms with Gasteiger partial charge in [0.2, 0.25) is 0 Å². The summed E-state index contributed by atoms with van der Waals surface area (Å²) < 4.78 is 2.16. The fraction of sp³-hybridized carbons (Fsp3) is 0.323. The average molecular weight is 493 g/mol. The van der Waals surface area contributed by atoms with Crippen LogP contribution in [0.25, 0.3) is 22.2 Å². The molecule has 1 heterocycles. The second-order valence-electron chi connectivity index (χ2n) is 10.7. The molecule has 0 spiro atoms. The van der Waals surface area contributed by atoms with Gasteiger partial charge in [0.1, 0.15) is 0 Å². The van der Waals surface area contributed by atoms with Gasteiger partial charge in [-0.15, -0.1) is 0 Å². The molecule has 2 atom stereocenters. The average Bonchev–Trinajstić information content (AvgIpc) is 3.30. The van der Waals surface area contributed by atoms with E-state index in [2.05, 4.69) is 46.8 Å². The number of imidazole rings is 1. The molecule has 1 aliphatic rings. The van der Waals surface area contributed by atoms with E-state index in [0.717, 1.165) is 60.0 Å². The number of fused-ring (bicyclic) bond motifs is 1. The Morgan fingerprint density at radius 3 is 2.73 bits per heavy atom. The second-order valence-corrected chi connectivity index (χ2v) is 10.7. The SMILES string of the molecule is CC1(Cn2cnc3ccc(C#N)cc32)CCCC(CN(Cc2cccc(-c3ccccc3)c2)C(=O)O)C1. The van der Waals surface area contributed by atoms with Crippen molar-refractivity contribution in [3.05, 3.63) is 90.3 Å². The van der Waals surface area contributed by atoms with Crippen molar-refractivity contribution >= 4 is 17.1 Å². The largest absolute Gasteiger partial charge is 0.465 e. The van der Waals surface area contributed by atoms with Gasteiger partial charge in [-0.2, -0.15) is 5.26 Å². The van der Waals surface area contributed by atoms with Crippen LogP contribution in [-0.4, -0.2) is 32.2 Å². The van der Waals surface area contributed by atoms with Crippen molar-refractivity contribution in [2.24, 2.45) is 11.3 Å². The summed E-state index contributed by atoms with van der Waals surface area (Å²) in [5.74, 6) is 0.302. The van der Waals surface area contributed by atoms with Crippen molar-refractivity contribution < 1.29 is 9.90 Å². The molecule has 188 valence electrons. The van der Waals surface area contributed by atoms with Gasteiger partial charge in [0.25, 0.3) is 0 Å². The maximum Gasteiger partial charge on any atom is 0.407 e. The van der Waals surface area contributed by atoms with Crippen molar-refractivity contribution in [2.45, 2.75) is 45.7 Å². The molecule has 6 nitrogen and oxygen atoms in total. The van der Waals surface area contributed by atoms with Gasteiger partial charge < -0.3 is 14.6 Å². The van der Waals surface area contributed by atoms with Gasteiger partial charge >= 0.3 is 6.09 Å². The van der Waals surface area contributed by atoms with Gasteiger partial charge in [-0.25, -0.2) is 9.78 Å². The van der Waals surface area contributed by atoms with Gasteiger partial charge in [-0.05, 0) is 71.6 Å². The van der Waals surface area contributed by atoms with Gasteiger partial charge in [0.15, 0.2) is 0 Å². The highest BCUT2D eigenvalue weighted by atomic mass is 16.4. The van der Waals surface area contributed by atoms with E-state index in [4.69, 9.17) is 0 Å². The van der Waals surface area contributed by atoms with Crippen LogP contribution in [0, 0.1) is 22.7 Å². The zero-order chi connectivity index (χ0) is 25.8. The van der Waals surface area contributed by atoms with Gasteiger partial charge in [-0.1, -0.05) is 61.9 Å². The Morgan fingerprint density at radius 1 is 1.14 bits per heavy atom. The number of hydrogen-bond acceptors (Lipinski definition) is 3. The van der Waals surface area contributed by atoms with Crippen molar-refractivity contribution in [2.75, 3.05) is 6.54 Å². The number of nitriles is 1. The first-order valence-corrected chi connectivity index (χ1v) is 12.9. The van der Waals surface area contributed by atoms with E-state index in [1.54, 1.807) is 11.0 Å². The highest BCUT2D eigenvalue weighted by Gasteiger charge is 2.34. The molecule has 1 N–H and O–H groups in total. The minimum Gasteiger partial charge on any atom is -0.465 e. The van der Waals surface area contributed by atoms with Crippen molar-refractivity contribution in [1.82, 2.24) is 14.5 Å². The first kappa shape index (κ1) is 24.6. The van der Waals surface area contributed by atoms with Gasteiger partial charge in [0, 0.05) is 19.6 Å². The van der Waals surface area contributed by atoms with Crippen molar-refractivity contribution in [1.29, 1.82) is 5.26 Å². The molecule has 4 aromatic rings. The lowest BCUT2D eigenvalue weighted by Gasteiger charge is -2.40. The summed E-state index contributed by atoms with van der Waals surface area (Å²) in [6, 6.07) is 26.2. The maximum atomic E-state index is 12.2. The maximum absolute atomic E-state index is 12.2. The number of rotatable bonds is 7. The second kappa shape index (κ2) is 10.5. The normalized spacial score (nSPS) is 19.4. The molecule has 3 aromatic carbocycles. The summed E-state index contributed by atoms with van der Waals surface area (Å²) in [5.41, 5.74) is 5.77. The summed E-state index contributed by atoms with van der Waals surface area (Å²) in [6.07, 6.45) is 5.15. The molecular formula is C31H32N4O2. The summed E-state index contributed by atoms with van der Waals surface area (Å²) in [5, 5.41) is 19.4. The van der Waals surface area contributed by atoms with Gasteiger partial charge in [-0.3, -0.25) is 0 Å². The van der Waals surface area contributed by atoms with Crippen LogP contribution < -0.4 is 0 Å². The van der Waals surface area contributed by atoms with E-state index < -0.39 is 6.09 Å². The quantitative estimate of drug-likeness (QED) is 0.303. The molecule has 0 saturated heterocycles. The van der Waals surface area contributed by atoms with E-state index >= 15 is 0 Å². The van der Waals surface area contributed by atoms with Crippen molar-refractivity contribution in [3.63, 3.8) is 0 Å². The summed E-state index contributed by atoms with van der Waals surface area (Å²) in [4.78, 5) is 18.3. The van der Waals surface area contributed by atoms with Crippen molar-refractivity contribution in [3.8, 4) is 17.2 Å². The van der Waals surface area contributed by atoms with Crippen LogP contribution in [0.4, 0.5) is 4.79 Å². The number of hydrogen-bond donors (Lipinski definition) is 1. The monoisotopic (exact) mass is 492 g/mol. The molecule has 37 heavy (non-hydrogen) atoms. The first-order chi connectivity index (χ1) is 17.9. The number of carboxylic acid groups (broad SMARTS) is 1. The minimum atomic E-state index is -0.873. The fourth-order valence-corrected chi connectivity index (χ4v) is 5.90. The van der Waals surface area contributed by atoms with E-state index in [-0.39, 0.29) is 5.41 Å². The van der Waals surface area contributed by atoms with Crippen LogP contribution >= 0.6 is 0 Å². The third kappa shape index (κ3) is 5.67. The fourth-order valence-electron chi connectivity index (χ4n) is 5.90. The number of amides is 1.